The smallest absolute Gasteiger partial charge is 0.339 e. The Bertz CT molecular complexity index is 1220. The van der Waals surface area contributed by atoms with Gasteiger partial charge in [-0.15, -0.1) is 0 Å². The van der Waals surface area contributed by atoms with Crippen LogP contribution in [0.4, 0.5) is 5.69 Å². The molecule has 0 saturated carbocycles. The fourth-order valence-corrected chi connectivity index (χ4v) is 4.08. The van der Waals surface area contributed by atoms with E-state index in [1.807, 2.05) is 39.0 Å². The molecule has 0 spiro atoms. The topological polar surface area (TPSA) is 65.0 Å². The van der Waals surface area contributed by atoms with Crippen LogP contribution < -0.4 is 8.92 Å². The third kappa shape index (κ3) is 5.66. The summed E-state index contributed by atoms with van der Waals surface area (Å²) in [5.74, 6) is 0.180. The Balaban J connectivity index is 1.93. The molecular weight excluding hydrogens is 434 g/mol. The summed E-state index contributed by atoms with van der Waals surface area (Å²) >= 11 is 6.39. The largest absolute Gasteiger partial charge is 0.490 e. The summed E-state index contributed by atoms with van der Waals surface area (Å²) in [5, 5.41) is 0.114. The van der Waals surface area contributed by atoms with Gasteiger partial charge in [0.25, 0.3) is 0 Å². The van der Waals surface area contributed by atoms with Crippen LogP contribution in [-0.2, 0) is 10.1 Å². The van der Waals surface area contributed by atoms with Gasteiger partial charge in [0.15, 0.2) is 5.75 Å². The summed E-state index contributed by atoms with van der Waals surface area (Å²) in [6.45, 7) is 8.05. The van der Waals surface area contributed by atoms with Crippen molar-refractivity contribution in [3.8, 4) is 11.5 Å². The van der Waals surface area contributed by atoms with E-state index in [0.717, 1.165) is 16.8 Å². The van der Waals surface area contributed by atoms with Gasteiger partial charge < -0.3 is 8.92 Å². The molecule has 5 nitrogen and oxygen atoms in total. The second-order valence-electron chi connectivity index (χ2n) is 7.14. The molecule has 3 aromatic carbocycles. The molecule has 0 aliphatic carbocycles. The van der Waals surface area contributed by atoms with E-state index in [9.17, 15) is 8.42 Å². The highest BCUT2D eigenvalue weighted by molar-refractivity contribution is 7.87. The molecule has 3 rings (SSSR count). The first-order chi connectivity index (χ1) is 14.7. The first kappa shape index (κ1) is 22.8. The zero-order valence-electron chi connectivity index (χ0n) is 17.8. The summed E-state index contributed by atoms with van der Waals surface area (Å²) in [6, 6.07) is 15.6. The number of nitrogens with zero attached hydrogens (tertiary/aromatic N) is 1. The molecule has 0 heterocycles. The number of aryl methyl sites for hydroxylation is 3. The standard InChI is InChI=1S/C24H24ClNO4S/c1-5-29-23-14-19(15-26-20-9-8-17(3)18(4)12-20)13-22(25)24(23)30-31(27,28)21-10-6-16(2)7-11-21/h6-15H,5H2,1-4H3. The van der Waals surface area contributed by atoms with Gasteiger partial charge in [0.2, 0.25) is 5.75 Å². The van der Waals surface area contributed by atoms with Crippen LogP contribution in [0.1, 0.15) is 29.2 Å². The van der Waals surface area contributed by atoms with Crippen LogP contribution in [0.25, 0.3) is 0 Å². The average Bonchev–Trinajstić information content (AvgIpc) is 2.72. The molecule has 3 aromatic rings. The molecule has 0 aromatic heterocycles. The minimum Gasteiger partial charge on any atom is -0.490 e. The number of hydrogen-bond acceptors (Lipinski definition) is 5. The molecule has 7 heteroatoms. The van der Waals surface area contributed by atoms with Crippen molar-refractivity contribution >= 4 is 33.6 Å². The van der Waals surface area contributed by atoms with Crippen molar-refractivity contribution in [2.45, 2.75) is 32.6 Å². The molecule has 0 N–H and O–H groups in total. The Morgan fingerprint density at radius 3 is 2.32 bits per heavy atom. The van der Waals surface area contributed by atoms with Gasteiger partial charge in [-0.25, -0.2) is 0 Å². The molecular formula is C24H24ClNO4S. The lowest BCUT2D eigenvalue weighted by molar-refractivity contribution is 0.327. The van der Waals surface area contributed by atoms with E-state index in [2.05, 4.69) is 4.99 Å². The normalized spacial score (nSPS) is 11.6. The number of halogens is 1. The SMILES string of the molecule is CCOc1cc(C=Nc2ccc(C)c(C)c2)cc(Cl)c1OS(=O)(=O)c1ccc(C)cc1. The van der Waals surface area contributed by atoms with Crippen LogP contribution in [0.3, 0.4) is 0 Å². The van der Waals surface area contributed by atoms with Gasteiger partial charge in [0, 0.05) is 6.21 Å². The first-order valence-electron chi connectivity index (χ1n) is 9.78. The van der Waals surface area contributed by atoms with Gasteiger partial charge in [-0.3, -0.25) is 4.99 Å². The van der Waals surface area contributed by atoms with Gasteiger partial charge in [0.05, 0.1) is 17.3 Å². The molecule has 162 valence electrons. The lowest BCUT2D eigenvalue weighted by atomic mass is 10.1. The predicted octanol–water partition coefficient (Wildman–Crippen LogP) is 6.18. The Kier molecular flexibility index (Phi) is 7.03. The zero-order chi connectivity index (χ0) is 22.6. The molecule has 0 saturated heterocycles. The summed E-state index contributed by atoms with van der Waals surface area (Å²) in [7, 11) is -4.07. The number of ether oxygens (including phenoxy) is 1. The van der Waals surface area contributed by atoms with Gasteiger partial charge in [-0.05, 0) is 80.8 Å². The van der Waals surface area contributed by atoms with Gasteiger partial charge in [-0.2, -0.15) is 8.42 Å². The highest BCUT2D eigenvalue weighted by Gasteiger charge is 2.22. The van der Waals surface area contributed by atoms with Crippen molar-refractivity contribution < 1.29 is 17.3 Å². The minimum absolute atomic E-state index is 0.0389. The summed E-state index contributed by atoms with van der Waals surface area (Å²) in [6.07, 6.45) is 1.65. The molecule has 0 fully saturated rings. The van der Waals surface area contributed by atoms with E-state index in [4.69, 9.17) is 20.5 Å². The molecule has 0 bridgehead atoms. The van der Waals surface area contributed by atoms with E-state index >= 15 is 0 Å². The average molecular weight is 458 g/mol. The Morgan fingerprint density at radius 2 is 1.68 bits per heavy atom. The van der Waals surface area contributed by atoms with Crippen LogP contribution >= 0.6 is 11.6 Å². The molecule has 0 aliphatic heterocycles. The Labute approximate surface area is 188 Å². The van der Waals surface area contributed by atoms with Crippen molar-refractivity contribution in [1.82, 2.24) is 0 Å². The van der Waals surface area contributed by atoms with Crippen molar-refractivity contribution in [1.29, 1.82) is 0 Å². The van der Waals surface area contributed by atoms with E-state index < -0.39 is 10.1 Å². The second kappa shape index (κ2) is 9.54. The Morgan fingerprint density at radius 1 is 0.968 bits per heavy atom. The number of aliphatic imine (C=N–C) groups is 1. The van der Waals surface area contributed by atoms with E-state index in [1.165, 1.54) is 17.7 Å². The quantitative estimate of drug-likeness (QED) is 0.313. The lowest BCUT2D eigenvalue weighted by Gasteiger charge is -2.14. The maximum absolute atomic E-state index is 12.7. The fraction of sp³-hybridized carbons (Fsp3) is 0.208. The van der Waals surface area contributed by atoms with Gasteiger partial charge in [-0.1, -0.05) is 35.4 Å². The third-order valence-corrected chi connectivity index (χ3v) is 6.20. The molecule has 0 radical (unpaired) electrons. The van der Waals surface area contributed by atoms with Crippen molar-refractivity contribution in [3.05, 3.63) is 81.9 Å². The number of rotatable bonds is 7. The zero-order valence-corrected chi connectivity index (χ0v) is 19.4. The van der Waals surface area contributed by atoms with Gasteiger partial charge in [0.1, 0.15) is 4.90 Å². The molecule has 31 heavy (non-hydrogen) atoms. The number of benzene rings is 3. The van der Waals surface area contributed by atoms with Crippen LogP contribution in [0, 0.1) is 20.8 Å². The highest BCUT2D eigenvalue weighted by atomic mass is 35.5. The Hall–Kier alpha value is -2.83. The van der Waals surface area contributed by atoms with Crippen LogP contribution in [0.5, 0.6) is 11.5 Å². The molecule has 0 atom stereocenters. The lowest BCUT2D eigenvalue weighted by Crippen LogP contribution is -2.11. The first-order valence-corrected chi connectivity index (χ1v) is 11.6. The summed E-state index contributed by atoms with van der Waals surface area (Å²) in [5.41, 5.74) is 4.75. The summed E-state index contributed by atoms with van der Waals surface area (Å²) < 4.78 is 36.4. The van der Waals surface area contributed by atoms with E-state index in [1.54, 1.807) is 37.4 Å². The monoisotopic (exact) mass is 457 g/mol. The van der Waals surface area contributed by atoms with E-state index in [-0.39, 0.29) is 21.4 Å². The van der Waals surface area contributed by atoms with Crippen LogP contribution in [0.2, 0.25) is 5.02 Å². The molecule has 0 unspecified atom stereocenters. The second-order valence-corrected chi connectivity index (χ2v) is 9.09. The predicted molar refractivity (Wildman–Crippen MR) is 125 cm³/mol. The van der Waals surface area contributed by atoms with Crippen molar-refractivity contribution in [3.63, 3.8) is 0 Å². The molecule has 0 aliphatic rings. The van der Waals surface area contributed by atoms with Crippen LogP contribution in [-0.4, -0.2) is 21.2 Å². The fourth-order valence-electron chi connectivity index (χ4n) is 2.82. The van der Waals surface area contributed by atoms with Crippen LogP contribution in [0.15, 0.2) is 64.5 Å². The van der Waals surface area contributed by atoms with Crippen molar-refractivity contribution in [2.24, 2.45) is 4.99 Å². The van der Waals surface area contributed by atoms with Gasteiger partial charge >= 0.3 is 10.1 Å². The maximum atomic E-state index is 12.7. The highest BCUT2D eigenvalue weighted by Crippen LogP contribution is 2.38. The maximum Gasteiger partial charge on any atom is 0.339 e. The minimum atomic E-state index is -4.07. The van der Waals surface area contributed by atoms with E-state index in [0.29, 0.717) is 12.2 Å². The van der Waals surface area contributed by atoms with Crippen molar-refractivity contribution in [2.75, 3.05) is 6.61 Å². The summed E-state index contributed by atoms with van der Waals surface area (Å²) in [4.78, 5) is 4.52. The third-order valence-electron chi connectivity index (χ3n) is 4.69. The number of hydrogen-bond donors (Lipinski definition) is 0. The molecule has 0 amide bonds.